The molecule has 19 heavy (non-hydrogen) atoms. The van der Waals surface area contributed by atoms with Crippen molar-refractivity contribution >= 4 is 18.1 Å². The van der Waals surface area contributed by atoms with Crippen LogP contribution in [-0.4, -0.2) is 11.1 Å². The third kappa shape index (κ3) is 5.39. The summed E-state index contributed by atoms with van der Waals surface area (Å²) >= 11 is 0. The molecule has 0 bridgehead atoms. The van der Waals surface area contributed by atoms with E-state index in [1.807, 2.05) is 0 Å². The Labute approximate surface area is 112 Å². The van der Waals surface area contributed by atoms with E-state index in [4.69, 9.17) is 5.73 Å². The van der Waals surface area contributed by atoms with Gasteiger partial charge >= 0.3 is 6.18 Å². The summed E-state index contributed by atoms with van der Waals surface area (Å²) in [6.07, 6.45) is -6.12. The van der Waals surface area contributed by atoms with Gasteiger partial charge in [-0.25, -0.2) is 4.39 Å². The van der Waals surface area contributed by atoms with E-state index in [1.54, 1.807) is 0 Å². The molecule has 0 aliphatic carbocycles. The summed E-state index contributed by atoms with van der Waals surface area (Å²) in [4.78, 5) is 9.84. The standard InChI is InChI=1S/C10H10F4N2O2.ClH/c11-6-1-2-9(16(17)18)7(5-6)8(15)3-4-10(12,13)14;/h1-2,5,8H,3-4,15H2;1H/t8-;/m1./s1. The van der Waals surface area contributed by atoms with Crippen molar-refractivity contribution in [2.45, 2.75) is 25.1 Å². The van der Waals surface area contributed by atoms with Crippen molar-refractivity contribution in [2.75, 3.05) is 0 Å². The van der Waals surface area contributed by atoms with Crippen molar-refractivity contribution in [1.29, 1.82) is 0 Å². The summed E-state index contributed by atoms with van der Waals surface area (Å²) in [6.45, 7) is 0. The third-order valence-electron chi connectivity index (χ3n) is 2.32. The van der Waals surface area contributed by atoms with E-state index in [0.29, 0.717) is 0 Å². The average Bonchev–Trinajstić information content (AvgIpc) is 2.24. The molecule has 0 aliphatic rings. The molecule has 1 atom stereocenters. The van der Waals surface area contributed by atoms with Crippen molar-refractivity contribution in [1.82, 2.24) is 0 Å². The molecule has 0 fully saturated rings. The number of nitro benzene ring substituents is 1. The number of alkyl halides is 3. The van der Waals surface area contributed by atoms with E-state index in [9.17, 15) is 27.7 Å². The summed E-state index contributed by atoms with van der Waals surface area (Å²) < 4.78 is 49.0. The Balaban J connectivity index is 0.00000324. The highest BCUT2D eigenvalue weighted by Gasteiger charge is 2.29. The van der Waals surface area contributed by atoms with Gasteiger partial charge in [-0.3, -0.25) is 10.1 Å². The maximum absolute atomic E-state index is 12.9. The molecule has 1 aromatic carbocycles. The second-order valence-corrected chi connectivity index (χ2v) is 3.72. The van der Waals surface area contributed by atoms with Crippen LogP contribution in [0.25, 0.3) is 0 Å². The number of nitro groups is 1. The van der Waals surface area contributed by atoms with Crippen LogP contribution in [0.3, 0.4) is 0 Å². The zero-order chi connectivity index (χ0) is 13.9. The quantitative estimate of drug-likeness (QED) is 0.526. The number of nitrogens with two attached hydrogens (primary N) is 1. The summed E-state index contributed by atoms with van der Waals surface area (Å²) in [7, 11) is 0. The normalized spacial score (nSPS) is 12.7. The van der Waals surface area contributed by atoms with E-state index in [0.717, 1.165) is 18.2 Å². The van der Waals surface area contributed by atoms with Crippen LogP contribution in [0, 0.1) is 15.9 Å². The maximum atomic E-state index is 12.9. The number of hydrogen-bond acceptors (Lipinski definition) is 3. The molecule has 0 aliphatic heterocycles. The van der Waals surface area contributed by atoms with Gasteiger partial charge in [0.2, 0.25) is 0 Å². The molecule has 9 heteroatoms. The number of hydrogen-bond donors (Lipinski definition) is 1. The first-order valence-electron chi connectivity index (χ1n) is 4.97. The van der Waals surface area contributed by atoms with E-state index in [1.165, 1.54) is 0 Å². The number of rotatable bonds is 4. The van der Waals surface area contributed by atoms with Gasteiger partial charge in [-0.05, 0) is 18.6 Å². The fraction of sp³-hybridized carbons (Fsp3) is 0.400. The van der Waals surface area contributed by atoms with E-state index in [-0.39, 0.29) is 18.0 Å². The molecule has 1 aromatic rings. The van der Waals surface area contributed by atoms with Crippen LogP contribution in [0.1, 0.15) is 24.4 Å². The minimum atomic E-state index is -4.40. The van der Waals surface area contributed by atoms with Crippen molar-refractivity contribution in [3.63, 3.8) is 0 Å². The molecule has 0 saturated heterocycles. The lowest BCUT2D eigenvalue weighted by Gasteiger charge is -2.13. The van der Waals surface area contributed by atoms with Gasteiger partial charge in [-0.15, -0.1) is 12.4 Å². The Bertz CT molecular complexity index is 454. The van der Waals surface area contributed by atoms with Gasteiger partial charge < -0.3 is 5.73 Å². The second kappa shape index (κ2) is 6.67. The molecule has 108 valence electrons. The number of halogens is 5. The predicted molar refractivity (Wildman–Crippen MR) is 62.5 cm³/mol. The van der Waals surface area contributed by atoms with Crippen LogP contribution in [0.2, 0.25) is 0 Å². The molecular formula is C10H11ClF4N2O2. The Kier molecular flexibility index (Phi) is 6.17. The van der Waals surface area contributed by atoms with Gasteiger partial charge in [0.1, 0.15) is 5.82 Å². The highest BCUT2D eigenvalue weighted by molar-refractivity contribution is 5.85. The topological polar surface area (TPSA) is 69.2 Å². The largest absolute Gasteiger partial charge is 0.389 e. The SMILES string of the molecule is Cl.N[C@H](CCC(F)(F)F)c1cc(F)ccc1[N+](=O)[O-]. The smallest absolute Gasteiger partial charge is 0.324 e. The third-order valence-corrected chi connectivity index (χ3v) is 2.32. The van der Waals surface area contributed by atoms with Crippen LogP contribution in [0.15, 0.2) is 18.2 Å². The summed E-state index contributed by atoms with van der Waals surface area (Å²) in [6, 6.07) is 1.30. The summed E-state index contributed by atoms with van der Waals surface area (Å²) in [5.41, 5.74) is 4.73. The molecule has 1 rings (SSSR count). The Morgan fingerprint density at radius 2 is 1.95 bits per heavy atom. The van der Waals surface area contributed by atoms with Crippen LogP contribution < -0.4 is 5.73 Å². The minimum Gasteiger partial charge on any atom is -0.324 e. The van der Waals surface area contributed by atoms with Gasteiger partial charge in [0.25, 0.3) is 5.69 Å². The molecular weight excluding hydrogens is 292 g/mol. The Hall–Kier alpha value is -1.41. The van der Waals surface area contributed by atoms with Crippen LogP contribution in [-0.2, 0) is 0 Å². The number of benzene rings is 1. The fourth-order valence-electron chi connectivity index (χ4n) is 1.46. The van der Waals surface area contributed by atoms with Crippen molar-refractivity contribution < 1.29 is 22.5 Å². The van der Waals surface area contributed by atoms with Crippen molar-refractivity contribution in [3.8, 4) is 0 Å². The van der Waals surface area contributed by atoms with Crippen LogP contribution in [0.5, 0.6) is 0 Å². The van der Waals surface area contributed by atoms with Gasteiger partial charge in [0.05, 0.1) is 4.92 Å². The van der Waals surface area contributed by atoms with Gasteiger partial charge in [-0.2, -0.15) is 13.2 Å². The Morgan fingerprint density at radius 1 is 1.37 bits per heavy atom. The zero-order valence-corrected chi connectivity index (χ0v) is 10.3. The maximum Gasteiger partial charge on any atom is 0.389 e. The molecule has 4 nitrogen and oxygen atoms in total. The highest BCUT2D eigenvalue weighted by Crippen LogP contribution is 2.30. The number of nitrogens with zero attached hydrogens (tertiary/aromatic N) is 1. The van der Waals surface area contributed by atoms with Crippen molar-refractivity contribution in [2.24, 2.45) is 5.73 Å². The first-order chi connectivity index (χ1) is 8.20. The van der Waals surface area contributed by atoms with Gasteiger partial charge in [-0.1, -0.05) is 0 Å². The lowest BCUT2D eigenvalue weighted by molar-refractivity contribution is -0.385. The van der Waals surface area contributed by atoms with E-state index in [2.05, 4.69) is 0 Å². The molecule has 0 amide bonds. The van der Waals surface area contributed by atoms with E-state index < -0.39 is 41.5 Å². The first kappa shape index (κ1) is 17.6. The monoisotopic (exact) mass is 302 g/mol. The molecule has 0 spiro atoms. The van der Waals surface area contributed by atoms with Crippen molar-refractivity contribution in [3.05, 3.63) is 39.7 Å². The second-order valence-electron chi connectivity index (χ2n) is 3.72. The minimum absolute atomic E-state index is 0. The molecule has 0 radical (unpaired) electrons. The molecule has 0 heterocycles. The average molecular weight is 303 g/mol. The fourth-order valence-corrected chi connectivity index (χ4v) is 1.46. The summed E-state index contributed by atoms with van der Waals surface area (Å²) in [5, 5.41) is 10.6. The van der Waals surface area contributed by atoms with Gasteiger partial charge in [0.15, 0.2) is 0 Å². The van der Waals surface area contributed by atoms with Gasteiger partial charge in [0, 0.05) is 24.1 Å². The lowest BCUT2D eigenvalue weighted by Crippen LogP contribution is -2.17. The van der Waals surface area contributed by atoms with E-state index >= 15 is 0 Å². The molecule has 0 aromatic heterocycles. The highest BCUT2D eigenvalue weighted by atomic mass is 35.5. The van der Waals surface area contributed by atoms with Crippen LogP contribution in [0.4, 0.5) is 23.2 Å². The summed E-state index contributed by atoms with van der Waals surface area (Å²) in [5.74, 6) is -0.780. The molecule has 2 N–H and O–H groups in total. The zero-order valence-electron chi connectivity index (χ0n) is 9.48. The molecule has 0 saturated carbocycles. The predicted octanol–water partition coefficient (Wildman–Crippen LogP) is 3.50. The lowest BCUT2D eigenvalue weighted by atomic mass is 10.0. The molecule has 0 unspecified atom stereocenters. The van der Waals surface area contributed by atoms with Crippen LogP contribution >= 0.6 is 12.4 Å². The Morgan fingerprint density at radius 3 is 2.42 bits per heavy atom. The first-order valence-corrected chi connectivity index (χ1v) is 4.97.